The van der Waals surface area contributed by atoms with Gasteiger partial charge in [-0.15, -0.1) is 11.3 Å². The maximum Gasteiger partial charge on any atom is 0.250 e. The standard InChI is InChI=1S/C13H20ClN3O3S2/c1-2-16-7-9-17(10-8-16)12(18)5-6-15-22(19,20)13-4-3-11(14)21-13/h3-4,15H,2,5-10H2,1H3. The van der Waals surface area contributed by atoms with E-state index in [4.69, 9.17) is 11.6 Å². The van der Waals surface area contributed by atoms with Crippen LogP contribution in [0.15, 0.2) is 16.3 Å². The van der Waals surface area contributed by atoms with Crippen LogP contribution < -0.4 is 4.72 Å². The molecule has 0 radical (unpaired) electrons. The molecule has 6 nitrogen and oxygen atoms in total. The number of carbonyl (C=O) groups excluding carboxylic acids is 1. The number of halogens is 1. The van der Waals surface area contributed by atoms with Crippen LogP contribution >= 0.6 is 22.9 Å². The first-order valence-corrected chi connectivity index (χ1v) is 9.85. The number of likely N-dealkylation sites (N-methyl/N-ethyl adjacent to an activating group) is 1. The minimum Gasteiger partial charge on any atom is -0.340 e. The van der Waals surface area contributed by atoms with Gasteiger partial charge in [-0.05, 0) is 18.7 Å². The molecule has 22 heavy (non-hydrogen) atoms. The highest BCUT2D eigenvalue weighted by atomic mass is 35.5. The number of sulfonamides is 1. The minimum absolute atomic E-state index is 0.0114. The average molecular weight is 366 g/mol. The lowest BCUT2D eigenvalue weighted by Crippen LogP contribution is -2.49. The first-order valence-electron chi connectivity index (χ1n) is 7.17. The molecule has 124 valence electrons. The largest absolute Gasteiger partial charge is 0.340 e. The van der Waals surface area contributed by atoms with Crippen molar-refractivity contribution in [2.75, 3.05) is 39.3 Å². The molecule has 0 aliphatic carbocycles. The van der Waals surface area contributed by atoms with E-state index in [9.17, 15) is 13.2 Å². The normalized spacial score (nSPS) is 16.9. The molecule has 0 saturated carbocycles. The van der Waals surface area contributed by atoms with E-state index in [0.717, 1.165) is 31.0 Å². The van der Waals surface area contributed by atoms with Crippen molar-refractivity contribution in [3.8, 4) is 0 Å². The lowest BCUT2D eigenvalue weighted by Gasteiger charge is -2.34. The molecule has 0 atom stereocenters. The Hall–Kier alpha value is -0.670. The molecule has 0 unspecified atom stereocenters. The summed E-state index contributed by atoms with van der Waals surface area (Å²) in [6, 6.07) is 3.00. The van der Waals surface area contributed by atoms with Gasteiger partial charge in [0.15, 0.2) is 0 Å². The van der Waals surface area contributed by atoms with Crippen LogP contribution in [0.1, 0.15) is 13.3 Å². The number of piperazine rings is 1. The molecule has 1 aliphatic rings. The summed E-state index contributed by atoms with van der Waals surface area (Å²) >= 11 is 6.74. The summed E-state index contributed by atoms with van der Waals surface area (Å²) in [5.41, 5.74) is 0. The number of rotatable bonds is 6. The number of hydrogen-bond acceptors (Lipinski definition) is 5. The van der Waals surface area contributed by atoms with Gasteiger partial charge in [0.1, 0.15) is 4.21 Å². The molecule has 1 aromatic rings. The predicted molar refractivity (Wildman–Crippen MR) is 87.8 cm³/mol. The summed E-state index contributed by atoms with van der Waals surface area (Å²) in [4.78, 5) is 16.2. The van der Waals surface area contributed by atoms with Gasteiger partial charge in [0.2, 0.25) is 15.9 Å². The number of hydrogen-bond donors (Lipinski definition) is 1. The van der Waals surface area contributed by atoms with Crippen molar-refractivity contribution in [1.29, 1.82) is 0 Å². The molecule has 1 aromatic heterocycles. The molecule has 9 heteroatoms. The number of nitrogens with zero attached hydrogens (tertiary/aromatic N) is 2. The van der Waals surface area contributed by atoms with E-state index in [1.54, 1.807) is 11.0 Å². The van der Waals surface area contributed by atoms with Crippen molar-refractivity contribution in [3.63, 3.8) is 0 Å². The van der Waals surface area contributed by atoms with Crippen LogP contribution in [0.2, 0.25) is 4.34 Å². The lowest BCUT2D eigenvalue weighted by molar-refractivity contribution is -0.132. The summed E-state index contributed by atoms with van der Waals surface area (Å²) in [7, 11) is -3.57. The molecular weight excluding hydrogens is 346 g/mol. The first kappa shape index (κ1) is 17.7. The van der Waals surface area contributed by atoms with E-state index in [2.05, 4.69) is 16.5 Å². The Labute approximate surface area is 140 Å². The van der Waals surface area contributed by atoms with Crippen LogP contribution in [0.5, 0.6) is 0 Å². The zero-order valence-corrected chi connectivity index (χ0v) is 14.8. The topological polar surface area (TPSA) is 69.7 Å². The summed E-state index contributed by atoms with van der Waals surface area (Å²) < 4.78 is 27.0. The van der Waals surface area contributed by atoms with Gasteiger partial charge >= 0.3 is 0 Å². The minimum atomic E-state index is -3.57. The van der Waals surface area contributed by atoms with Crippen LogP contribution in [0.3, 0.4) is 0 Å². The third-order valence-corrected chi connectivity index (χ3v) is 6.80. The van der Waals surface area contributed by atoms with E-state index < -0.39 is 10.0 Å². The summed E-state index contributed by atoms with van der Waals surface area (Å²) in [5, 5.41) is 0. The van der Waals surface area contributed by atoms with Crippen molar-refractivity contribution in [3.05, 3.63) is 16.5 Å². The third-order valence-electron chi connectivity index (χ3n) is 3.62. The number of amides is 1. The van der Waals surface area contributed by atoms with E-state index >= 15 is 0 Å². The summed E-state index contributed by atoms with van der Waals surface area (Å²) in [6.45, 7) is 6.36. The Morgan fingerprint density at radius 3 is 2.55 bits per heavy atom. The van der Waals surface area contributed by atoms with Crippen LogP contribution in [0.25, 0.3) is 0 Å². The lowest BCUT2D eigenvalue weighted by atomic mass is 10.3. The van der Waals surface area contributed by atoms with Gasteiger partial charge < -0.3 is 9.80 Å². The van der Waals surface area contributed by atoms with Crippen molar-refractivity contribution >= 4 is 38.9 Å². The van der Waals surface area contributed by atoms with E-state index in [-0.39, 0.29) is 23.1 Å². The third kappa shape index (κ3) is 4.66. The Morgan fingerprint density at radius 1 is 1.32 bits per heavy atom. The SMILES string of the molecule is CCN1CCN(C(=O)CCNS(=O)(=O)c2ccc(Cl)s2)CC1. The molecule has 0 bridgehead atoms. The monoisotopic (exact) mass is 365 g/mol. The van der Waals surface area contributed by atoms with E-state index in [1.807, 2.05) is 0 Å². The smallest absolute Gasteiger partial charge is 0.250 e. The van der Waals surface area contributed by atoms with Gasteiger partial charge in [-0.1, -0.05) is 18.5 Å². The average Bonchev–Trinajstić information content (AvgIpc) is 2.94. The quantitative estimate of drug-likeness (QED) is 0.823. The second kappa shape index (κ2) is 7.74. The fourth-order valence-corrected chi connectivity index (χ4v) is 4.84. The number of nitrogens with one attached hydrogen (secondary N) is 1. The Kier molecular flexibility index (Phi) is 6.22. The van der Waals surface area contributed by atoms with Crippen molar-refractivity contribution < 1.29 is 13.2 Å². The molecule has 0 aromatic carbocycles. The Morgan fingerprint density at radius 2 is 2.00 bits per heavy atom. The second-order valence-corrected chi connectivity index (χ2v) is 8.73. The van der Waals surface area contributed by atoms with Crippen LogP contribution in [0, 0.1) is 0 Å². The highest BCUT2D eigenvalue weighted by Gasteiger charge is 2.21. The van der Waals surface area contributed by atoms with E-state index in [0.29, 0.717) is 17.4 Å². The molecule has 2 rings (SSSR count). The first-order chi connectivity index (χ1) is 10.4. The van der Waals surface area contributed by atoms with Gasteiger partial charge in [0, 0.05) is 39.1 Å². The van der Waals surface area contributed by atoms with Crippen molar-refractivity contribution in [1.82, 2.24) is 14.5 Å². The maximum absolute atomic E-state index is 12.1. The number of carbonyl (C=O) groups is 1. The zero-order valence-electron chi connectivity index (χ0n) is 12.4. The molecule has 2 heterocycles. The molecule has 1 aliphatic heterocycles. The van der Waals surface area contributed by atoms with Gasteiger partial charge in [0.05, 0.1) is 4.34 Å². The highest BCUT2D eigenvalue weighted by molar-refractivity contribution is 7.91. The van der Waals surface area contributed by atoms with Gasteiger partial charge in [-0.2, -0.15) is 0 Å². The van der Waals surface area contributed by atoms with Crippen LogP contribution in [0.4, 0.5) is 0 Å². The van der Waals surface area contributed by atoms with E-state index in [1.165, 1.54) is 6.07 Å². The predicted octanol–water partition coefficient (Wildman–Crippen LogP) is 1.23. The van der Waals surface area contributed by atoms with Crippen LogP contribution in [-0.2, 0) is 14.8 Å². The highest BCUT2D eigenvalue weighted by Crippen LogP contribution is 2.25. The molecule has 1 N–H and O–H groups in total. The van der Waals surface area contributed by atoms with Crippen LogP contribution in [-0.4, -0.2) is 63.4 Å². The fraction of sp³-hybridized carbons (Fsp3) is 0.615. The molecule has 1 saturated heterocycles. The Balaban J connectivity index is 1.77. The maximum atomic E-state index is 12.1. The second-order valence-electron chi connectivity index (χ2n) is 5.02. The van der Waals surface area contributed by atoms with Crippen molar-refractivity contribution in [2.24, 2.45) is 0 Å². The molecule has 1 fully saturated rings. The number of thiophene rings is 1. The van der Waals surface area contributed by atoms with Gasteiger partial charge in [-0.3, -0.25) is 4.79 Å². The van der Waals surface area contributed by atoms with Crippen molar-refractivity contribution in [2.45, 2.75) is 17.6 Å². The molecular formula is C13H20ClN3O3S2. The fourth-order valence-electron chi connectivity index (χ4n) is 2.28. The summed E-state index contributed by atoms with van der Waals surface area (Å²) in [5.74, 6) is -0.0114. The Bertz CT molecular complexity index is 610. The molecule has 0 spiro atoms. The van der Waals surface area contributed by atoms with Gasteiger partial charge in [-0.25, -0.2) is 13.1 Å². The summed E-state index contributed by atoms with van der Waals surface area (Å²) in [6.07, 6.45) is 0.171. The zero-order chi connectivity index (χ0) is 16.2. The molecule has 1 amide bonds. The van der Waals surface area contributed by atoms with Gasteiger partial charge in [0.25, 0.3) is 0 Å².